The van der Waals surface area contributed by atoms with E-state index in [1.165, 1.54) is 11.3 Å². The summed E-state index contributed by atoms with van der Waals surface area (Å²) in [4.78, 5) is 12.3. The lowest BCUT2D eigenvalue weighted by Gasteiger charge is -2.07. The van der Waals surface area contributed by atoms with Gasteiger partial charge in [0.05, 0.1) is 12.0 Å². The summed E-state index contributed by atoms with van der Waals surface area (Å²) >= 11 is 4.76. The Morgan fingerprint density at radius 2 is 2.47 bits per heavy atom. The van der Waals surface area contributed by atoms with Crippen LogP contribution in [0.1, 0.15) is 16.6 Å². The molecule has 0 radical (unpaired) electrons. The van der Waals surface area contributed by atoms with Crippen LogP contribution in [0.3, 0.4) is 0 Å². The molecular formula is C10H14BrNO2S. The highest BCUT2D eigenvalue weighted by Gasteiger charge is 2.10. The van der Waals surface area contributed by atoms with Crippen LogP contribution in [-0.2, 0) is 0 Å². The molecular weight excluding hydrogens is 278 g/mol. The normalized spacial score (nSPS) is 12.2. The van der Waals surface area contributed by atoms with Crippen LogP contribution >= 0.6 is 27.3 Å². The van der Waals surface area contributed by atoms with E-state index in [1.807, 2.05) is 5.38 Å². The Bertz CT molecular complexity index is 327. The summed E-state index contributed by atoms with van der Waals surface area (Å²) in [5.41, 5.74) is 0. The fourth-order valence-corrected chi connectivity index (χ4v) is 1.95. The van der Waals surface area contributed by atoms with Crippen LogP contribution in [0, 0.1) is 5.92 Å². The minimum absolute atomic E-state index is 0.0314. The molecule has 1 heterocycles. The second-order valence-electron chi connectivity index (χ2n) is 3.32. The summed E-state index contributed by atoms with van der Waals surface area (Å²) in [5.74, 6) is 1.14. The first-order valence-corrected chi connectivity index (χ1v) is 6.64. The van der Waals surface area contributed by atoms with Crippen LogP contribution in [0.5, 0.6) is 5.75 Å². The molecule has 84 valence electrons. The van der Waals surface area contributed by atoms with E-state index in [-0.39, 0.29) is 5.91 Å². The summed E-state index contributed by atoms with van der Waals surface area (Å²) < 4.78 is 5.01. The van der Waals surface area contributed by atoms with Crippen LogP contribution < -0.4 is 10.1 Å². The Hall–Kier alpha value is -0.550. The van der Waals surface area contributed by atoms with Crippen molar-refractivity contribution in [1.29, 1.82) is 0 Å². The lowest BCUT2D eigenvalue weighted by Crippen LogP contribution is -2.28. The Balaban J connectivity index is 2.46. The number of carbonyl (C=O) groups excluding carboxylic acids is 1. The van der Waals surface area contributed by atoms with Gasteiger partial charge in [0.1, 0.15) is 5.75 Å². The summed E-state index contributed by atoms with van der Waals surface area (Å²) in [6, 6.07) is 1.75. The smallest absolute Gasteiger partial charge is 0.261 e. The van der Waals surface area contributed by atoms with Crippen LogP contribution in [0.25, 0.3) is 0 Å². The number of halogens is 1. The predicted molar refractivity (Wildman–Crippen MR) is 66.2 cm³/mol. The number of hydrogen-bond acceptors (Lipinski definition) is 3. The number of nitrogens with one attached hydrogen (secondary N) is 1. The van der Waals surface area contributed by atoms with Gasteiger partial charge in [-0.1, -0.05) is 22.9 Å². The molecule has 1 amide bonds. The number of thiophene rings is 1. The Kier molecular flexibility index (Phi) is 5.11. The van der Waals surface area contributed by atoms with Gasteiger partial charge in [0.25, 0.3) is 5.91 Å². The maximum atomic E-state index is 11.6. The summed E-state index contributed by atoms with van der Waals surface area (Å²) in [7, 11) is 1.59. The van der Waals surface area contributed by atoms with Crippen molar-refractivity contribution in [2.45, 2.75) is 6.92 Å². The first-order chi connectivity index (χ1) is 7.17. The molecule has 0 spiro atoms. The number of ether oxygens (including phenoxy) is 1. The van der Waals surface area contributed by atoms with E-state index in [4.69, 9.17) is 4.74 Å². The molecule has 5 heteroatoms. The third-order valence-corrected chi connectivity index (χ3v) is 3.92. The Morgan fingerprint density at radius 3 is 3.00 bits per heavy atom. The minimum atomic E-state index is -0.0314. The van der Waals surface area contributed by atoms with E-state index >= 15 is 0 Å². The molecule has 1 aromatic rings. The lowest BCUT2D eigenvalue weighted by atomic mass is 10.2. The lowest BCUT2D eigenvalue weighted by molar-refractivity contribution is 0.0953. The van der Waals surface area contributed by atoms with E-state index in [0.717, 1.165) is 11.1 Å². The summed E-state index contributed by atoms with van der Waals surface area (Å²) in [6.45, 7) is 2.76. The maximum Gasteiger partial charge on any atom is 0.261 e. The third kappa shape index (κ3) is 3.83. The molecule has 0 saturated heterocycles. The van der Waals surface area contributed by atoms with E-state index in [9.17, 15) is 4.79 Å². The van der Waals surface area contributed by atoms with Gasteiger partial charge in [0.15, 0.2) is 0 Å². The molecule has 1 rings (SSSR count). The fraction of sp³-hybridized carbons (Fsp3) is 0.500. The van der Waals surface area contributed by atoms with Gasteiger partial charge in [-0.15, -0.1) is 11.3 Å². The molecule has 15 heavy (non-hydrogen) atoms. The van der Waals surface area contributed by atoms with Gasteiger partial charge in [-0.05, 0) is 5.92 Å². The number of hydrogen-bond donors (Lipinski definition) is 1. The minimum Gasteiger partial charge on any atom is -0.496 e. The zero-order valence-electron chi connectivity index (χ0n) is 8.75. The highest BCUT2D eigenvalue weighted by molar-refractivity contribution is 9.09. The van der Waals surface area contributed by atoms with E-state index < -0.39 is 0 Å². The number of amides is 1. The van der Waals surface area contributed by atoms with Gasteiger partial charge in [-0.25, -0.2) is 0 Å². The largest absolute Gasteiger partial charge is 0.496 e. The molecule has 1 aromatic heterocycles. The average Bonchev–Trinajstić information content (AvgIpc) is 2.73. The average molecular weight is 292 g/mol. The highest BCUT2D eigenvalue weighted by atomic mass is 79.9. The molecule has 3 nitrogen and oxygen atoms in total. The molecule has 0 aliphatic carbocycles. The number of alkyl halides is 1. The standard InChI is InChI=1S/C10H14BrNO2S/c1-7(4-11)5-12-10(13)9-3-8(14-2)6-15-9/h3,6-7H,4-5H2,1-2H3,(H,12,13). The van der Waals surface area contributed by atoms with Crippen LogP contribution in [0.4, 0.5) is 0 Å². The van der Waals surface area contributed by atoms with Gasteiger partial charge >= 0.3 is 0 Å². The number of carbonyl (C=O) groups is 1. The van der Waals surface area contributed by atoms with Crippen LogP contribution in [0.15, 0.2) is 11.4 Å². The number of rotatable bonds is 5. The summed E-state index contributed by atoms with van der Waals surface area (Å²) in [6.07, 6.45) is 0. The number of methoxy groups -OCH3 is 1. The van der Waals surface area contributed by atoms with Crippen LogP contribution in [-0.4, -0.2) is 24.9 Å². The third-order valence-electron chi connectivity index (χ3n) is 1.91. The van der Waals surface area contributed by atoms with Crippen LogP contribution in [0.2, 0.25) is 0 Å². The van der Waals surface area contributed by atoms with Gasteiger partial charge in [0, 0.05) is 23.3 Å². The van der Waals surface area contributed by atoms with Crippen molar-refractivity contribution in [2.75, 3.05) is 19.0 Å². The maximum absolute atomic E-state index is 11.6. The Morgan fingerprint density at radius 1 is 1.73 bits per heavy atom. The van der Waals surface area contributed by atoms with E-state index in [0.29, 0.717) is 17.3 Å². The second kappa shape index (κ2) is 6.12. The van der Waals surface area contributed by atoms with E-state index in [1.54, 1.807) is 13.2 Å². The van der Waals surface area contributed by atoms with Crippen molar-refractivity contribution in [1.82, 2.24) is 5.32 Å². The molecule has 0 bridgehead atoms. The first kappa shape index (κ1) is 12.5. The quantitative estimate of drug-likeness (QED) is 0.847. The molecule has 0 saturated carbocycles. The molecule has 0 aliphatic rings. The van der Waals surface area contributed by atoms with Gasteiger partial charge in [-0.2, -0.15) is 0 Å². The predicted octanol–water partition coefficient (Wildman–Crippen LogP) is 2.52. The van der Waals surface area contributed by atoms with Crippen molar-refractivity contribution in [3.8, 4) is 5.75 Å². The monoisotopic (exact) mass is 291 g/mol. The highest BCUT2D eigenvalue weighted by Crippen LogP contribution is 2.20. The van der Waals surface area contributed by atoms with Crippen molar-refractivity contribution >= 4 is 33.2 Å². The molecule has 1 atom stereocenters. The zero-order valence-corrected chi connectivity index (χ0v) is 11.2. The molecule has 1 unspecified atom stereocenters. The van der Waals surface area contributed by atoms with Gasteiger partial charge in [-0.3, -0.25) is 4.79 Å². The summed E-state index contributed by atoms with van der Waals surface area (Å²) in [5, 5.41) is 5.59. The zero-order chi connectivity index (χ0) is 11.3. The van der Waals surface area contributed by atoms with E-state index in [2.05, 4.69) is 28.2 Å². The fourth-order valence-electron chi connectivity index (χ4n) is 0.954. The topological polar surface area (TPSA) is 38.3 Å². The molecule has 0 aromatic carbocycles. The van der Waals surface area contributed by atoms with Gasteiger partial charge in [0.2, 0.25) is 0 Å². The second-order valence-corrected chi connectivity index (χ2v) is 4.88. The molecule has 0 aliphatic heterocycles. The molecule has 0 fully saturated rings. The SMILES string of the molecule is COc1csc(C(=O)NCC(C)CBr)c1. The van der Waals surface area contributed by atoms with Crippen molar-refractivity contribution < 1.29 is 9.53 Å². The van der Waals surface area contributed by atoms with Gasteiger partial charge < -0.3 is 10.1 Å². The van der Waals surface area contributed by atoms with Crippen molar-refractivity contribution in [2.24, 2.45) is 5.92 Å². The molecule has 1 N–H and O–H groups in total. The van der Waals surface area contributed by atoms with Crippen molar-refractivity contribution in [3.63, 3.8) is 0 Å². The first-order valence-electron chi connectivity index (χ1n) is 4.64. The van der Waals surface area contributed by atoms with Crippen molar-refractivity contribution in [3.05, 3.63) is 16.3 Å². The Labute approximate surface area is 102 Å².